The van der Waals surface area contributed by atoms with Crippen LogP contribution in [0.5, 0.6) is 0 Å². The van der Waals surface area contributed by atoms with E-state index in [0.717, 1.165) is 22.6 Å². The fourth-order valence-corrected chi connectivity index (χ4v) is 3.43. The van der Waals surface area contributed by atoms with E-state index in [1.54, 1.807) is 35.1 Å². The van der Waals surface area contributed by atoms with Gasteiger partial charge in [0.15, 0.2) is 5.82 Å². The second-order valence-electron chi connectivity index (χ2n) is 4.82. The number of aryl methyl sites for hydroxylation is 2. The van der Waals surface area contributed by atoms with Crippen molar-refractivity contribution in [2.24, 2.45) is 0 Å². The Labute approximate surface area is 125 Å². The van der Waals surface area contributed by atoms with E-state index in [1.165, 1.54) is 0 Å². The average Bonchev–Trinajstić information content (AvgIpc) is 3.18. The highest BCUT2D eigenvalue weighted by Gasteiger charge is 2.32. The molecule has 1 N–H and O–H groups in total. The molecule has 0 aromatic carbocycles. The number of nitrogens with one attached hydrogen (secondary N) is 1. The van der Waals surface area contributed by atoms with Crippen LogP contribution in [0.2, 0.25) is 0 Å². The van der Waals surface area contributed by atoms with Crippen LogP contribution >= 0.6 is 11.8 Å². The first kappa shape index (κ1) is 13.9. The Morgan fingerprint density at radius 1 is 1.57 bits per heavy atom. The first-order valence-electron chi connectivity index (χ1n) is 6.51. The van der Waals surface area contributed by atoms with Crippen LogP contribution in [0.25, 0.3) is 6.08 Å². The standard InChI is InChI=1S/C13H15N5O2S/c1-8-5-20-9(2)10(8)3-4-12(19)18-7-21-6-11(18)13-14-16-17-15-13/h3-5,11H,6-7H2,1-2H3,(H,14,15,16,17)/b4-3+. The number of aromatic nitrogens is 4. The van der Waals surface area contributed by atoms with Crippen molar-refractivity contribution in [3.63, 3.8) is 0 Å². The van der Waals surface area contributed by atoms with E-state index in [1.807, 2.05) is 13.8 Å². The highest BCUT2D eigenvalue weighted by atomic mass is 32.2. The van der Waals surface area contributed by atoms with Crippen molar-refractivity contribution < 1.29 is 9.21 Å². The van der Waals surface area contributed by atoms with Crippen molar-refractivity contribution in [1.29, 1.82) is 0 Å². The Morgan fingerprint density at radius 3 is 3.10 bits per heavy atom. The van der Waals surface area contributed by atoms with Gasteiger partial charge in [0.25, 0.3) is 0 Å². The molecule has 0 aliphatic carbocycles. The minimum absolute atomic E-state index is 0.0604. The lowest BCUT2D eigenvalue weighted by atomic mass is 10.1. The van der Waals surface area contributed by atoms with Gasteiger partial charge in [-0.1, -0.05) is 5.21 Å². The van der Waals surface area contributed by atoms with Crippen LogP contribution in [0, 0.1) is 13.8 Å². The molecular weight excluding hydrogens is 290 g/mol. The zero-order valence-electron chi connectivity index (χ0n) is 11.7. The number of H-pyrrole nitrogens is 1. The molecule has 1 fully saturated rings. The molecule has 7 nitrogen and oxygen atoms in total. The van der Waals surface area contributed by atoms with Crippen LogP contribution in [0.4, 0.5) is 0 Å². The molecule has 110 valence electrons. The predicted octanol–water partition coefficient (Wildman–Crippen LogP) is 1.70. The fraction of sp³-hybridized carbons (Fsp3) is 0.385. The van der Waals surface area contributed by atoms with E-state index < -0.39 is 0 Å². The van der Waals surface area contributed by atoms with Crippen LogP contribution in [0.1, 0.15) is 28.8 Å². The van der Waals surface area contributed by atoms with Gasteiger partial charge in [-0.2, -0.15) is 5.21 Å². The van der Waals surface area contributed by atoms with E-state index in [0.29, 0.717) is 11.7 Å². The van der Waals surface area contributed by atoms with Crippen molar-refractivity contribution >= 4 is 23.7 Å². The molecule has 1 amide bonds. The predicted molar refractivity (Wildman–Crippen MR) is 78.3 cm³/mol. The summed E-state index contributed by atoms with van der Waals surface area (Å²) in [6.07, 6.45) is 5.06. The number of hydrogen-bond acceptors (Lipinski definition) is 6. The van der Waals surface area contributed by atoms with E-state index in [4.69, 9.17) is 4.42 Å². The molecule has 1 aliphatic rings. The van der Waals surface area contributed by atoms with Crippen molar-refractivity contribution in [1.82, 2.24) is 25.5 Å². The lowest BCUT2D eigenvalue weighted by Gasteiger charge is -2.19. The lowest BCUT2D eigenvalue weighted by Crippen LogP contribution is -2.30. The Balaban J connectivity index is 1.76. The van der Waals surface area contributed by atoms with Gasteiger partial charge in [0.05, 0.1) is 12.1 Å². The summed E-state index contributed by atoms with van der Waals surface area (Å²) in [6, 6.07) is -0.127. The third-order valence-corrected chi connectivity index (χ3v) is 4.45. The van der Waals surface area contributed by atoms with Gasteiger partial charge in [-0.15, -0.1) is 22.0 Å². The molecule has 1 unspecified atom stereocenters. The molecule has 0 spiro atoms. The molecule has 0 radical (unpaired) electrons. The fourth-order valence-electron chi connectivity index (χ4n) is 2.27. The van der Waals surface area contributed by atoms with Crippen LogP contribution in [0.15, 0.2) is 16.8 Å². The number of nitrogens with zero attached hydrogens (tertiary/aromatic N) is 4. The Morgan fingerprint density at radius 2 is 2.43 bits per heavy atom. The quantitative estimate of drug-likeness (QED) is 0.868. The second-order valence-corrected chi connectivity index (χ2v) is 5.82. The minimum Gasteiger partial charge on any atom is -0.469 e. The van der Waals surface area contributed by atoms with Gasteiger partial charge in [0.2, 0.25) is 5.91 Å². The van der Waals surface area contributed by atoms with Crippen LogP contribution < -0.4 is 0 Å². The molecule has 1 atom stereocenters. The van der Waals surface area contributed by atoms with Crippen molar-refractivity contribution in [2.75, 3.05) is 11.6 Å². The molecule has 0 saturated carbocycles. The largest absolute Gasteiger partial charge is 0.469 e. The highest BCUT2D eigenvalue weighted by Crippen LogP contribution is 2.31. The van der Waals surface area contributed by atoms with Gasteiger partial charge in [-0.25, -0.2) is 0 Å². The SMILES string of the molecule is Cc1coc(C)c1/C=C/C(=O)N1CSCC1c1nn[nH]n1. The van der Waals surface area contributed by atoms with E-state index in [-0.39, 0.29) is 11.9 Å². The topological polar surface area (TPSA) is 87.9 Å². The Hall–Kier alpha value is -2.09. The smallest absolute Gasteiger partial charge is 0.247 e. The van der Waals surface area contributed by atoms with Gasteiger partial charge in [0.1, 0.15) is 11.8 Å². The number of aromatic amines is 1. The molecule has 8 heteroatoms. The summed E-state index contributed by atoms with van der Waals surface area (Å²) in [6.45, 7) is 3.83. The van der Waals surface area contributed by atoms with Crippen LogP contribution in [-0.2, 0) is 4.79 Å². The number of tetrazole rings is 1. The minimum atomic E-state index is -0.127. The summed E-state index contributed by atoms with van der Waals surface area (Å²) in [7, 11) is 0. The van der Waals surface area contributed by atoms with Crippen molar-refractivity contribution in [2.45, 2.75) is 19.9 Å². The maximum atomic E-state index is 12.4. The van der Waals surface area contributed by atoms with Gasteiger partial charge in [0, 0.05) is 17.4 Å². The normalized spacial score (nSPS) is 18.8. The number of hydrogen-bond donors (Lipinski definition) is 1. The second kappa shape index (κ2) is 5.72. The summed E-state index contributed by atoms with van der Waals surface area (Å²) < 4.78 is 5.32. The number of carbonyl (C=O) groups is 1. The van der Waals surface area contributed by atoms with E-state index in [2.05, 4.69) is 20.6 Å². The molecule has 2 aromatic heterocycles. The van der Waals surface area contributed by atoms with Crippen LogP contribution in [0.3, 0.4) is 0 Å². The van der Waals surface area contributed by atoms with Crippen LogP contribution in [-0.4, -0.2) is 43.1 Å². The molecule has 0 bridgehead atoms. The lowest BCUT2D eigenvalue weighted by molar-refractivity contribution is -0.126. The van der Waals surface area contributed by atoms with Crippen molar-refractivity contribution in [3.05, 3.63) is 35.1 Å². The number of amides is 1. The Bertz CT molecular complexity index is 645. The third kappa shape index (κ3) is 2.71. The zero-order chi connectivity index (χ0) is 14.8. The number of thioether (sulfide) groups is 1. The average molecular weight is 305 g/mol. The number of carbonyl (C=O) groups excluding carboxylic acids is 1. The maximum absolute atomic E-state index is 12.4. The third-order valence-electron chi connectivity index (χ3n) is 3.43. The van der Waals surface area contributed by atoms with Gasteiger partial charge in [-0.05, 0) is 25.5 Å². The number of furan rings is 1. The molecule has 1 aliphatic heterocycles. The highest BCUT2D eigenvalue weighted by molar-refractivity contribution is 7.99. The molecular formula is C13H15N5O2S. The summed E-state index contributed by atoms with van der Waals surface area (Å²) >= 11 is 1.68. The van der Waals surface area contributed by atoms with Gasteiger partial charge in [-0.3, -0.25) is 4.79 Å². The number of rotatable bonds is 3. The van der Waals surface area contributed by atoms with Gasteiger partial charge >= 0.3 is 0 Å². The van der Waals surface area contributed by atoms with Gasteiger partial charge < -0.3 is 9.32 Å². The first-order chi connectivity index (χ1) is 10.2. The first-order valence-corrected chi connectivity index (χ1v) is 7.66. The molecule has 3 heterocycles. The monoisotopic (exact) mass is 305 g/mol. The van der Waals surface area contributed by atoms with E-state index in [9.17, 15) is 4.79 Å². The molecule has 1 saturated heterocycles. The summed E-state index contributed by atoms with van der Waals surface area (Å²) in [5.74, 6) is 2.71. The van der Waals surface area contributed by atoms with E-state index >= 15 is 0 Å². The summed E-state index contributed by atoms with van der Waals surface area (Å²) in [4.78, 5) is 14.1. The molecule has 3 rings (SSSR count). The van der Waals surface area contributed by atoms with Crippen molar-refractivity contribution in [3.8, 4) is 0 Å². The summed E-state index contributed by atoms with van der Waals surface area (Å²) in [5.41, 5.74) is 1.97. The zero-order valence-corrected chi connectivity index (χ0v) is 12.6. The molecule has 21 heavy (non-hydrogen) atoms. The maximum Gasteiger partial charge on any atom is 0.247 e. The summed E-state index contributed by atoms with van der Waals surface area (Å²) in [5, 5.41) is 13.9. The Kier molecular flexibility index (Phi) is 3.78. The molecule has 2 aromatic rings.